The van der Waals surface area contributed by atoms with Crippen molar-refractivity contribution in [2.45, 2.75) is 86.9 Å². The molecule has 2 aromatic rings. The third-order valence-electron chi connectivity index (χ3n) is 4.23. The van der Waals surface area contributed by atoms with Gasteiger partial charge >= 0.3 is 5.97 Å². The van der Waals surface area contributed by atoms with Gasteiger partial charge in [0.05, 0.1) is 0 Å². The lowest BCUT2D eigenvalue weighted by Gasteiger charge is -2.18. The third-order valence-corrected chi connectivity index (χ3v) is 4.23. The van der Waals surface area contributed by atoms with Gasteiger partial charge in [-0.1, -0.05) is 47.6 Å². The summed E-state index contributed by atoms with van der Waals surface area (Å²) in [5.41, 5.74) is 1.28. The lowest BCUT2D eigenvalue weighted by atomic mass is 10.0. The summed E-state index contributed by atoms with van der Waals surface area (Å²) in [5.74, 6) is -0.955. The van der Waals surface area contributed by atoms with Gasteiger partial charge in [0.1, 0.15) is 35.3 Å². The number of fused-ring (bicyclic) bond motifs is 1. The van der Waals surface area contributed by atoms with Crippen LogP contribution in [-0.2, 0) is 24.2 Å². The van der Waals surface area contributed by atoms with Crippen molar-refractivity contribution < 1.29 is 28.2 Å². The molecule has 32 heavy (non-hydrogen) atoms. The van der Waals surface area contributed by atoms with Gasteiger partial charge in [-0.2, -0.15) is 0 Å². The molecular formula is C26H38F2O4. The summed E-state index contributed by atoms with van der Waals surface area (Å²) in [6.07, 6.45) is 0.585. The van der Waals surface area contributed by atoms with Crippen LogP contribution in [0.3, 0.4) is 0 Å². The molecule has 1 N–H and O–H groups in total. The maximum atomic E-state index is 14.1. The van der Waals surface area contributed by atoms with Crippen LogP contribution in [0, 0.1) is 11.6 Å². The molecule has 6 heteroatoms. The second-order valence-electron chi connectivity index (χ2n) is 7.03. The highest BCUT2D eigenvalue weighted by Gasteiger charge is 2.32. The molecular weight excluding hydrogens is 414 g/mol. The molecule has 0 radical (unpaired) electrons. The van der Waals surface area contributed by atoms with Gasteiger partial charge in [-0.05, 0) is 44.0 Å². The number of carboxylic acids is 1. The number of carbonyl (C=O) groups is 1. The highest BCUT2D eigenvalue weighted by atomic mass is 19.1. The monoisotopic (exact) mass is 452 g/mol. The number of ether oxygens (including phenoxy) is 2. The zero-order valence-corrected chi connectivity index (χ0v) is 20.6. The molecule has 0 aromatic heterocycles. The molecule has 180 valence electrons. The molecule has 2 aromatic carbocycles. The number of aliphatic carboxylic acids is 1. The van der Waals surface area contributed by atoms with Crippen molar-refractivity contribution in [2.75, 3.05) is 0 Å². The average molecular weight is 453 g/mol. The fourth-order valence-corrected chi connectivity index (χ4v) is 3.08. The van der Waals surface area contributed by atoms with Crippen LogP contribution in [0.5, 0.6) is 11.5 Å². The molecule has 4 nitrogen and oxygen atoms in total. The van der Waals surface area contributed by atoms with E-state index in [1.54, 1.807) is 6.07 Å². The van der Waals surface area contributed by atoms with Crippen LogP contribution in [-0.4, -0.2) is 16.7 Å². The Balaban J connectivity index is 0.00000148. The van der Waals surface area contributed by atoms with Gasteiger partial charge in [-0.25, -0.2) is 8.78 Å². The quantitative estimate of drug-likeness (QED) is 0.498. The first kappa shape index (κ1) is 29.4. The fourth-order valence-electron chi connectivity index (χ4n) is 3.08. The Morgan fingerprint density at radius 1 is 1.03 bits per heavy atom. The van der Waals surface area contributed by atoms with E-state index >= 15 is 0 Å². The Morgan fingerprint density at radius 3 is 2.22 bits per heavy atom. The number of rotatable bonds is 6. The van der Waals surface area contributed by atoms with Crippen molar-refractivity contribution in [3.8, 4) is 11.5 Å². The minimum atomic E-state index is -0.979. The normalized spacial score (nSPS) is 12.4. The van der Waals surface area contributed by atoms with E-state index < -0.39 is 17.4 Å². The predicted molar refractivity (Wildman–Crippen MR) is 126 cm³/mol. The van der Waals surface area contributed by atoms with Gasteiger partial charge in [-0.3, -0.25) is 4.79 Å². The number of hydrogen-bond acceptors (Lipinski definition) is 3. The van der Waals surface area contributed by atoms with Gasteiger partial charge in [-0.15, -0.1) is 0 Å². The van der Waals surface area contributed by atoms with Gasteiger partial charge in [0.15, 0.2) is 0 Å². The first-order chi connectivity index (χ1) is 15.2. The van der Waals surface area contributed by atoms with E-state index in [0.717, 1.165) is 5.56 Å². The summed E-state index contributed by atoms with van der Waals surface area (Å²) in [5, 5.41) is 8.68. The van der Waals surface area contributed by atoms with Crippen molar-refractivity contribution in [1.29, 1.82) is 0 Å². The van der Waals surface area contributed by atoms with Crippen LogP contribution >= 0.6 is 0 Å². The molecule has 0 bridgehead atoms. The van der Waals surface area contributed by atoms with E-state index in [9.17, 15) is 13.6 Å². The molecule has 3 rings (SSSR count). The largest absolute Gasteiger partial charge is 0.489 e. The lowest BCUT2D eigenvalue weighted by molar-refractivity contribution is -0.136. The molecule has 1 aliphatic heterocycles. The van der Waals surface area contributed by atoms with Gasteiger partial charge in [0, 0.05) is 30.0 Å². The Kier molecular flexibility index (Phi) is 13.2. The van der Waals surface area contributed by atoms with Gasteiger partial charge < -0.3 is 14.6 Å². The topological polar surface area (TPSA) is 55.8 Å². The summed E-state index contributed by atoms with van der Waals surface area (Å²) in [4.78, 5) is 10.6. The van der Waals surface area contributed by atoms with Crippen molar-refractivity contribution in [1.82, 2.24) is 0 Å². The number of halogens is 2. The van der Waals surface area contributed by atoms with Crippen molar-refractivity contribution in [3.63, 3.8) is 0 Å². The zero-order valence-electron chi connectivity index (χ0n) is 20.6. The summed E-state index contributed by atoms with van der Waals surface area (Å²) in [6, 6.07) is 7.11. The number of carboxylic acid groups (broad SMARTS) is 1. The Morgan fingerprint density at radius 2 is 1.66 bits per heavy atom. The molecule has 0 saturated carbocycles. The third kappa shape index (κ3) is 8.85. The first-order valence-corrected chi connectivity index (χ1v) is 11.4. The second kappa shape index (κ2) is 14.4. The average Bonchev–Trinajstić information content (AvgIpc) is 3.09. The Hall–Kier alpha value is -2.63. The van der Waals surface area contributed by atoms with E-state index in [-0.39, 0.29) is 31.0 Å². The Labute approximate surface area is 191 Å². The van der Waals surface area contributed by atoms with Crippen molar-refractivity contribution >= 4 is 5.97 Å². The van der Waals surface area contributed by atoms with Crippen LogP contribution in [0.4, 0.5) is 8.78 Å². The minimum absolute atomic E-state index is 0.0457. The van der Waals surface area contributed by atoms with Crippen molar-refractivity contribution in [3.05, 3.63) is 58.7 Å². The zero-order chi connectivity index (χ0) is 24.9. The van der Waals surface area contributed by atoms with Crippen LogP contribution in [0.2, 0.25) is 0 Å². The Bertz CT molecular complexity index is 848. The maximum Gasteiger partial charge on any atom is 0.303 e. The van der Waals surface area contributed by atoms with Crippen LogP contribution in [0.15, 0.2) is 30.3 Å². The molecule has 0 saturated heterocycles. The highest BCUT2D eigenvalue weighted by molar-refractivity contribution is 5.67. The van der Waals surface area contributed by atoms with Gasteiger partial charge in [0.25, 0.3) is 0 Å². The van der Waals surface area contributed by atoms with E-state index in [1.165, 1.54) is 24.3 Å². The summed E-state index contributed by atoms with van der Waals surface area (Å²) < 4.78 is 39.4. The molecule has 0 amide bonds. The van der Waals surface area contributed by atoms with Crippen LogP contribution in [0.25, 0.3) is 0 Å². The van der Waals surface area contributed by atoms with Crippen molar-refractivity contribution in [2.24, 2.45) is 0 Å². The van der Waals surface area contributed by atoms with E-state index in [2.05, 4.69) is 0 Å². The molecule has 0 atom stereocenters. The molecule has 0 spiro atoms. The standard InChI is InChI=1S/C20H20F2O4.3C2H6/c1-20(2)10-13-7-15(21)8-14(19(13)26-20)11-25-16-5-3-12(17(22)9-16)4-6-18(23)24;3*1-2/h3,5,7-9H,4,6,10-11H2,1-2H3,(H,23,24);3*1-2H3. The van der Waals surface area contributed by atoms with Crippen LogP contribution < -0.4 is 9.47 Å². The minimum Gasteiger partial charge on any atom is -0.489 e. The molecule has 0 aliphatic carbocycles. The lowest BCUT2D eigenvalue weighted by Crippen LogP contribution is -2.25. The maximum absolute atomic E-state index is 14.1. The predicted octanol–water partition coefficient (Wildman–Crippen LogP) is 7.35. The number of hydrogen-bond donors (Lipinski definition) is 1. The fraction of sp³-hybridized carbons (Fsp3) is 0.500. The SMILES string of the molecule is CC.CC.CC.CC1(C)Cc2cc(F)cc(COc3ccc(CCC(=O)O)c(F)c3)c2O1. The summed E-state index contributed by atoms with van der Waals surface area (Å²) >= 11 is 0. The molecule has 0 fully saturated rings. The van der Waals surface area contributed by atoms with E-state index in [4.69, 9.17) is 14.6 Å². The molecule has 0 unspecified atom stereocenters. The van der Waals surface area contributed by atoms with E-state index in [1.807, 2.05) is 55.4 Å². The van der Waals surface area contributed by atoms with Crippen LogP contribution in [0.1, 0.15) is 78.5 Å². The second-order valence-corrected chi connectivity index (χ2v) is 7.03. The smallest absolute Gasteiger partial charge is 0.303 e. The first-order valence-electron chi connectivity index (χ1n) is 11.4. The number of benzene rings is 2. The summed E-state index contributed by atoms with van der Waals surface area (Å²) in [6.45, 7) is 15.9. The summed E-state index contributed by atoms with van der Waals surface area (Å²) in [7, 11) is 0. The van der Waals surface area contributed by atoms with E-state index in [0.29, 0.717) is 23.3 Å². The molecule has 1 aliphatic rings. The highest BCUT2D eigenvalue weighted by Crippen LogP contribution is 2.38. The molecule has 1 heterocycles. The number of aryl methyl sites for hydroxylation is 1. The van der Waals surface area contributed by atoms with Gasteiger partial charge in [0.2, 0.25) is 0 Å².